The maximum Gasteiger partial charge on any atom is 0.0340 e. The maximum atomic E-state index is 3.50. The molecular formula is C12H18N2. The molecule has 1 aromatic carbocycles. The molecule has 1 aliphatic carbocycles. The third-order valence-corrected chi connectivity index (χ3v) is 2.47. The SMILES string of the molecule is c1ccc(NCCCNC2CC2)cc1. The smallest absolute Gasteiger partial charge is 0.0340 e. The predicted molar refractivity (Wildman–Crippen MR) is 60.6 cm³/mol. The van der Waals surface area contributed by atoms with Gasteiger partial charge in [0.2, 0.25) is 0 Å². The number of hydrogen-bond acceptors (Lipinski definition) is 2. The van der Waals surface area contributed by atoms with Crippen molar-refractivity contribution in [1.29, 1.82) is 0 Å². The van der Waals surface area contributed by atoms with Crippen molar-refractivity contribution in [2.75, 3.05) is 18.4 Å². The first kappa shape index (κ1) is 9.53. The van der Waals surface area contributed by atoms with E-state index in [1.54, 1.807) is 0 Å². The first-order valence-corrected chi connectivity index (χ1v) is 5.47. The van der Waals surface area contributed by atoms with E-state index in [9.17, 15) is 0 Å². The Morgan fingerprint density at radius 3 is 2.57 bits per heavy atom. The average molecular weight is 190 g/mol. The van der Waals surface area contributed by atoms with Crippen LogP contribution in [0.5, 0.6) is 0 Å². The van der Waals surface area contributed by atoms with Crippen LogP contribution in [0.3, 0.4) is 0 Å². The first-order chi connectivity index (χ1) is 6.95. The van der Waals surface area contributed by atoms with Crippen LogP contribution in [-0.4, -0.2) is 19.1 Å². The molecule has 2 heteroatoms. The van der Waals surface area contributed by atoms with Crippen molar-refractivity contribution in [3.05, 3.63) is 30.3 Å². The molecule has 0 aliphatic heterocycles. The Hall–Kier alpha value is -1.02. The van der Waals surface area contributed by atoms with E-state index in [4.69, 9.17) is 0 Å². The quantitative estimate of drug-likeness (QED) is 0.672. The molecule has 0 spiro atoms. The van der Waals surface area contributed by atoms with E-state index in [-0.39, 0.29) is 0 Å². The summed E-state index contributed by atoms with van der Waals surface area (Å²) >= 11 is 0. The van der Waals surface area contributed by atoms with Crippen molar-refractivity contribution in [3.8, 4) is 0 Å². The highest BCUT2D eigenvalue weighted by atomic mass is 14.9. The molecule has 2 rings (SSSR count). The van der Waals surface area contributed by atoms with Crippen molar-refractivity contribution >= 4 is 5.69 Å². The van der Waals surface area contributed by atoms with Gasteiger partial charge in [0.15, 0.2) is 0 Å². The van der Waals surface area contributed by atoms with Crippen LogP contribution in [0.1, 0.15) is 19.3 Å². The summed E-state index contributed by atoms with van der Waals surface area (Å²) in [6, 6.07) is 11.2. The Bertz CT molecular complexity index is 254. The zero-order valence-corrected chi connectivity index (χ0v) is 8.50. The molecule has 2 nitrogen and oxygen atoms in total. The Labute approximate surface area is 85.7 Å². The number of anilines is 1. The van der Waals surface area contributed by atoms with Crippen LogP contribution in [0, 0.1) is 0 Å². The van der Waals surface area contributed by atoms with Crippen LogP contribution in [0.15, 0.2) is 30.3 Å². The lowest BCUT2D eigenvalue weighted by molar-refractivity contribution is 0.659. The van der Waals surface area contributed by atoms with E-state index >= 15 is 0 Å². The second-order valence-corrected chi connectivity index (χ2v) is 3.87. The summed E-state index contributed by atoms with van der Waals surface area (Å²) in [7, 11) is 0. The summed E-state index contributed by atoms with van der Waals surface area (Å²) in [5.74, 6) is 0. The molecular weight excluding hydrogens is 172 g/mol. The molecule has 0 atom stereocenters. The average Bonchev–Trinajstić information content (AvgIpc) is 3.03. The lowest BCUT2D eigenvalue weighted by atomic mass is 10.3. The molecule has 0 saturated heterocycles. The van der Waals surface area contributed by atoms with Gasteiger partial charge in [0, 0.05) is 18.3 Å². The number of benzene rings is 1. The minimum absolute atomic E-state index is 0.840. The third kappa shape index (κ3) is 3.38. The summed E-state index contributed by atoms with van der Waals surface area (Å²) in [6.45, 7) is 2.20. The number of hydrogen-bond donors (Lipinski definition) is 2. The lowest BCUT2D eigenvalue weighted by Crippen LogP contribution is -2.19. The standard InChI is InChI=1S/C12H18N2/c1-2-5-11(6-3-1)13-9-4-10-14-12-7-8-12/h1-3,5-6,12-14H,4,7-10H2. The minimum Gasteiger partial charge on any atom is -0.385 e. The zero-order chi connectivity index (χ0) is 9.64. The van der Waals surface area contributed by atoms with Gasteiger partial charge in [-0.25, -0.2) is 0 Å². The fourth-order valence-corrected chi connectivity index (χ4v) is 1.47. The van der Waals surface area contributed by atoms with Crippen LogP contribution in [0.25, 0.3) is 0 Å². The van der Waals surface area contributed by atoms with Gasteiger partial charge in [-0.2, -0.15) is 0 Å². The fraction of sp³-hybridized carbons (Fsp3) is 0.500. The molecule has 0 unspecified atom stereocenters. The zero-order valence-electron chi connectivity index (χ0n) is 8.50. The highest BCUT2D eigenvalue weighted by Gasteiger charge is 2.19. The Morgan fingerprint density at radius 1 is 1.07 bits per heavy atom. The van der Waals surface area contributed by atoms with E-state index in [0.29, 0.717) is 0 Å². The number of para-hydroxylation sites is 1. The van der Waals surface area contributed by atoms with Gasteiger partial charge in [-0.05, 0) is 37.9 Å². The van der Waals surface area contributed by atoms with E-state index in [1.807, 2.05) is 6.07 Å². The molecule has 0 amide bonds. The second-order valence-electron chi connectivity index (χ2n) is 3.87. The van der Waals surface area contributed by atoms with Crippen LogP contribution >= 0.6 is 0 Å². The first-order valence-electron chi connectivity index (χ1n) is 5.47. The molecule has 0 bridgehead atoms. The number of nitrogens with one attached hydrogen (secondary N) is 2. The van der Waals surface area contributed by atoms with Crippen molar-refractivity contribution in [2.24, 2.45) is 0 Å². The van der Waals surface area contributed by atoms with Gasteiger partial charge in [-0.1, -0.05) is 18.2 Å². The Kier molecular flexibility index (Phi) is 3.41. The summed E-state index contributed by atoms with van der Waals surface area (Å²) in [5.41, 5.74) is 1.22. The molecule has 14 heavy (non-hydrogen) atoms. The molecule has 0 radical (unpaired) electrons. The van der Waals surface area contributed by atoms with Gasteiger partial charge >= 0.3 is 0 Å². The van der Waals surface area contributed by atoms with Gasteiger partial charge in [0.25, 0.3) is 0 Å². The van der Waals surface area contributed by atoms with Crippen molar-refractivity contribution in [3.63, 3.8) is 0 Å². The van der Waals surface area contributed by atoms with E-state index in [0.717, 1.165) is 19.1 Å². The molecule has 0 aromatic heterocycles. The summed E-state index contributed by atoms with van der Waals surface area (Å²) < 4.78 is 0. The van der Waals surface area contributed by atoms with Crippen molar-refractivity contribution < 1.29 is 0 Å². The number of rotatable bonds is 6. The van der Waals surface area contributed by atoms with Gasteiger partial charge in [0.1, 0.15) is 0 Å². The largest absolute Gasteiger partial charge is 0.385 e. The van der Waals surface area contributed by atoms with Crippen LogP contribution in [0.4, 0.5) is 5.69 Å². The van der Waals surface area contributed by atoms with E-state index in [2.05, 4.69) is 34.9 Å². The third-order valence-electron chi connectivity index (χ3n) is 2.47. The van der Waals surface area contributed by atoms with Gasteiger partial charge in [-0.15, -0.1) is 0 Å². The van der Waals surface area contributed by atoms with Crippen LogP contribution < -0.4 is 10.6 Å². The van der Waals surface area contributed by atoms with Crippen molar-refractivity contribution in [1.82, 2.24) is 5.32 Å². The van der Waals surface area contributed by atoms with Crippen molar-refractivity contribution in [2.45, 2.75) is 25.3 Å². The summed E-state index contributed by atoms with van der Waals surface area (Å²) in [5, 5.41) is 6.90. The van der Waals surface area contributed by atoms with E-state index < -0.39 is 0 Å². The topological polar surface area (TPSA) is 24.1 Å². The van der Waals surface area contributed by atoms with Crippen LogP contribution in [-0.2, 0) is 0 Å². The molecule has 2 N–H and O–H groups in total. The molecule has 1 aromatic rings. The summed E-state index contributed by atoms with van der Waals surface area (Å²) in [6.07, 6.45) is 3.96. The lowest BCUT2D eigenvalue weighted by Gasteiger charge is -2.06. The Morgan fingerprint density at radius 2 is 1.86 bits per heavy atom. The highest BCUT2D eigenvalue weighted by molar-refractivity contribution is 5.42. The molecule has 76 valence electrons. The predicted octanol–water partition coefficient (Wildman–Crippen LogP) is 2.24. The van der Waals surface area contributed by atoms with Crippen LogP contribution in [0.2, 0.25) is 0 Å². The van der Waals surface area contributed by atoms with Gasteiger partial charge < -0.3 is 10.6 Å². The molecule has 0 heterocycles. The Balaban J connectivity index is 1.54. The second kappa shape index (κ2) is 5.01. The highest BCUT2D eigenvalue weighted by Crippen LogP contribution is 2.18. The monoisotopic (exact) mass is 190 g/mol. The van der Waals surface area contributed by atoms with Gasteiger partial charge in [0.05, 0.1) is 0 Å². The van der Waals surface area contributed by atoms with Gasteiger partial charge in [-0.3, -0.25) is 0 Å². The fourth-order valence-electron chi connectivity index (χ4n) is 1.47. The molecule has 1 fully saturated rings. The summed E-state index contributed by atoms with van der Waals surface area (Å²) in [4.78, 5) is 0. The van der Waals surface area contributed by atoms with E-state index in [1.165, 1.54) is 24.9 Å². The molecule has 1 saturated carbocycles. The molecule has 1 aliphatic rings. The minimum atomic E-state index is 0.840. The normalized spacial score (nSPS) is 15.4. The maximum absolute atomic E-state index is 3.50.